The molecule has 0 atom stereocenters. The first-order valence-electron chi connectivity index (χ1n) is 10.3. The van der Waals surface area contributed by atoms with Crippen molar-refractivity contribution in [2.24, 2.45) is 0 Å². The van der Waals surface area contributed by atoms with Crippen LogP contribution < -0.4 is 5.32 Å². The highest BCUT2D eigenvalue weighted by Gasteiger charge is 2.36. The minimum absolute atomic E-state index is 0.0206. The third-order valence-electron chi connectivity index (χ3n) is 4.89. The van der Waals surface area contributed by atoms with E-state index in [9.17, 15) is 18.0 Å². The van der Waals surface area contributed by atoms with Crippen LogP contribution in [-0.2, 0) is 17.5 Å². The summed E-state index contributed by atoms with van der Waals surface area (Å²) < 4.78 is 41.6. The van der Waals surface area contributed by atoms with Gasteiger partial charge in [-0.2, -0.15) is 18.3 Å². The third-order valence-corrected chi connectivity index (χ3v) is 4.89. The Hall–Kier alpha value is -3.16. The lowest BCUT2D eigenvalue weighted by atomic mass is 10.1. The molecule has 2 aromatic heterocycles. The maximum absolute atomic E-state index is 13.6. The molecule has 0 unspecified atom stereocenters. The summed E-state index contributed by atoms with van der Waals surface area (Å²) in [6.45, 7) is 2.45. The van der Waals surface area contributed by atoms with Gasteiger partial charge in [-0.1, -0.05) is 38.3 Å². The molecule has 31 heavy (non-hydrogen) atoms. The number of aromatic nitrogens is 3. The van der Waals surface area contributed by atoms with Crippen molar-refractivity contribution >= 4 is 5.91 Å². The molecule has 0 saturated heterocycles. The fourth-order valence-corrected chi connectivity index (χ4v) is 3.19. The average Bonchev–Trinajstić information content (AvgIpc) is 3.22. The standard InChI is InChI=1S/C23H25F3N4O/c1-2-3-4-5-8-22(31)28-15-17-9-11-19(12-10-17)30-21(23(24,25)26)14-20(29-30)18-7-6-13-27-16-18/h6-7,9-14,16H,2-5,8,15H2,1H3,(H,28,31). The number of amides is 1. The van der Waals surface area contributed by atoms with Crippen molar-refractivity contribution in [3.05, 3.63) is 66.1 Å². The monoisotopic (exact) mass is 430 g/mol. The van der Waals surface area contributed by atoms with E-state index < -0.39 is 11.9 Å². The number of nitrogens with zero attached hydrogens (tertiary/aromatic N) is 3. The number of carbonyl (C=O) groups is 1. The van der Waals surface area contributed by atoms with Gasteiger partial charge in [0, 0.05) is 30.9 Å². The van der Waals surface area contributed by atoms with Crippen molar-refractivity contribution in [1.29, 1.82) is 0 Å². The molecular formula is C23H25F3N4O. The highest BCUT2D eigenvalue weighted by Crippen LogP contribution is 2.33. The number of pyridine rings is 1. The minimum atomic E-state index is -4.56. The number of nitrogens with one attached hydrogen (secondary N) is 1. The molecule has 3 aromatic rings. The third kappa shape index (κ3) is 6.16. The van der Waals surface area contributed by atoms with Gasteiger partial charge < -0.3 is 5.32 Å². The summed E-state index contributed by atoms with van der Waals surface area (Å²) >= 11 is 0. The lowest BCUT2D eigenvalue weighted by molar-refractivity contribution is -0.142. The first-order chi connectivity index (χ1) is 14.9. The summed E-state index contributed by atoms with van der Waals surface area (Å²) in [5.41, 5.74) is 0.931. The van der Waals surface area contributed by atoms with Gasteiger partial charge in [0.05, 0.1) is 11.4 Å². The Morgan fingerprint density at radius 3 is 2.52 bits per heavy atom. The first kappa shape index (κ1) is 22.5. The quantitative estimate of drug-likeness (QED) is 0.454. The van der Waals surface area contributed by atoms with Gasteiger partial charge >= 0.3 is 6.18 Å². The number of unbranched alkanes of at least 4 members (excludes halogenated alkanes) is 3. The Labute approximate surface area is 179 Å². The van der Waals surface area contributed by atoms with Crippen LogP contribution >= 0.6 is 0 Å². The van der Waals surface area contributed by atoms with E-state index in [0.717, 1.165) is 42.0 Å². The maximum atomic E-state index is 13.6. The zero-order chi connectivity index (χ0) is 22.3. The summed E-state index contributed by atoms with van der Waals surface area (Å²) in [5.74, 6) is -0.0206. The van der Waals surface area contributed by atoms with Crippen LogP contribution in [0.3, 0.4) is 0 Å². The van der Waals surface area contributed by atoms with E-state index in [-0.39, 0.29) is 17.3 Å². The summed E-state index contributed by atoms with van der Waals surface area (Å²) in [6.07, 6.45) is 3.07. The lowest BCUT2D eigenvalue weighted by Gasteiger charge is -2.11. The number of halogens is 3. The average molecular weight is 430 g/mol. The van der Waals surface area contributed by atoms with Crippen molar-refractivity contribution in [2.75, 3.05) is 0 Å². The van der Waals surface area contributed by atoms with E-state index in [1.165, 1.54) is 6.20 Å². The van der Waals surface area contributed by atoms with Gasteiger partial charge in [0.25, 0.3) is 0 Å². The molecule has 0 saturated carbocycles. The van der Waals surface area contributed by atoms with Crippen LogP contribution in [0.25, 0.3) is 16.9 Å². The Morgan fingerprint density at radius 1 is 1.10 bits per heavy atom. The van der Waals surface area contributed by atoms with Gasteiger partial charge in [0.15, 0.2) is 0 Å². The Morgan fingerprint density at radius 2 is 1.87 bits per heavy atom. The molecule has 0 spiro atoms. The minimum Gasteiger partial charge on any atom is -0.352 e. The zero-order valence-corrected chi connectivity index (χ0v) is 17.3. The topological polar surface area (TPSA) is 59.8 Å². The molecule has 1 amide bonds. The molecule has 0 aliphatic heterocycles. The summed E-state index contributed by atoms with van der Waals surface area (Å²) in [6, 6.07) is 10.8. The largest absolute Gasteiger partial charge is 0.433 e. The van der Waals surface area contributed by atoms with Crippen molar-refractivity contribution < 1.29 is 18.0 Å². The van der Waals surface area contributed by atoms with E-state index in [1.54, 1.807) is 42.6 Å². The highest BCUT2D eigenvalue weighted by atomic mass is 19.4. The van der Waals surface area contributed by atoms with E-state index in [4.69, 9.17) is 0 Å². The molecule has 0 aliphatic rings. The predicted molar refractivity (Wildman–Crippen MR) is 112 cm³/mol. The van der Waals surface area contributed by atoms with Crippen molar-refractivity contribution in [3.8, 4) is 16.9 Å². The van der Waals surface area contributed by atoms with Gasteiger partial charge in [-0.05, 0) is 42.3 Å². The number of hydrogen-bond donors (Lipinski definition) is 1. The number of hydrogen-bond acceptors (Lipinski definition) is 3. The normalized spacial score (nSPS) is 11.5. The first-order valence-corrected chi connectivity index (χ1v) is 10.3. The number of benzene rings is 1. The highest BCUT2D eigenvalue weighted by molar-refractivity contribution is 5.75. The molecule has 0 aliphatic carbocycles. The van der Waals surface area contributed by atoms with Gasteiger partial charge in [0.1, 0.15) is 5.69 Å². The number of rotatable bonds is 9. The Bertz CT molecular complexity index is 982. The zero-order valence-electron chi connectivity index (χ0n) is 17.3. The van der Waals surface area contributed by atoms with Crippen LogP contribution in [0.4, 0.5) is 13.2 Å². The van der Waals surface area contributed by atoms with Crippen LogP contribution in [0.2, 0.25) is 0 Å². The van der Waals surface area contributed by atoms with Gasteiger partial charge in [-0.15, -0.1) is 0 Å². The van der Waals surface area contributed by atoms with Crippen LogP contribution in [0.5, 0.6) is 0 Å². The Balaban J connectivity index is 1.72. The second kappa shape index (κ2) is 10.2. The second-order valence-corrected chi connectivity index (χ2v) is 7.32. The van der Waals surface area contributed by atoms with Crippen LogP contribution in [0, 0.1) is 0 Å². The number of carbonyl (C=O) groups excluding carboxylic acids is 1. The SMILES string of the molecule is CCCCCCC(=O)NCc1ccc(-n2nc(-c3cccnc3)cc2C(F)(F)F)cc1. The van der Waals surface area contributed by atoms with E-state index >= 15 is 0 Å². The number of alkyl halides is 3. The van der Waals surface area contributed by atoms with E-state index in [2.05, 4.69) is 22.3 Å². The fraction of sp³-hybridized carbons (Fsp3) is 0.348. The Kier molecular flexibility index (Phi) is 7.44. The van der Waals surface area contributed by atoms with Crippen LogP contribution in [0.15, 0.2) is 54.9 Å². The van der Waals surface area contributed by atoms with Crippen molar-refractivity contribution in [2.45, 2.75) is 51.7 Å². The van der Waals surface area contributed by atoms with E-state index in [0.29, 0.717) is 18.5 Å². The van der Waals surface area contributed by atoms with Gasteiger partial charge in [-0.3, -0.25) is 9.78 Å². The molecule has 164 valence electrons. The predicted octanol–water partition coefficient (Wildman–Crippen LogP) is 5.54. The smallest absolute Gasteiger partial charge is 0.352 e. The molecule has 2 heterocycles. The molecule has 8 heteroatoms. The molecule has 0 bridgehead atoms. The second-order valence-electron chi connectivity index (χ2n) is 7.32. The molecular weight excluding hydrogens is 405 g/mol. The lowest BCUT2D eigenvalue weighted by Crippen LogP contribution is -2.22. The summed E-state index contributed by atoms with van der Waals surface area (Å²) in [4.78, 5) is 15.8. The summed E-state index contributed by atoms with van der Waals surface area (Å²) in [7, 11) is 0. The van der Waals surface area contributed by atoms with Crippen molar-refractivity contribution in [3.63, 3.8) is 0 Å². The molecule has 5 nitrogen and oxygen atoms in total. The van der Waals surface area contributed by atoms with Crippen LogP contribution in [-0.4, -0.2) is 20.7 Å². The van der Waals surface area contributed by atoms with Crippen molar-refractivity contribution in [1.82, 2.24) is 20.1 Å². The van der Waals surface area contributed by atoms with Crippen LogP contribution in [0.1, 0.15) is 50.3 Å². The fourth-order valence-electron chi connectivity index (χ4n) is 3.19. The molecule has 3 rings (SSSR count). The summed E-state index contributed by atoms with van der Waals surface area (Å²) in [5, 5.41) is 7.00. The molecule has 1 aromatic carbocycles. The molecule has 0 fully saturated rings. The van der Waals surface area contributed by atoms with Gasteiger partial charge in [0.2, 0.25) is 5.91 Å². The maximum Gasteiger partial charge on any atom is 0.433 e. The molecule has 0 radical (unpaired) electrons. The van der Waals surface area contributed by atoms with Gasteiger partial charge in [-0.25, -0.2) is 4.68 Å². The molecule has 1 N–H and O–H groups in total. The van der Waals surface area contributed by atoms with E-state index in [1.807, 2.05) is 0 Å².